The van der Waals surface area contributed by atoms with E-state index in [1.807, 2.05) is 0 Å². The quantitative estimate of drug-likeness (QED) is 0.111. The van der Waals surface area contributed by atoms with Gasteiger partial charge in [-0.3, -0.25) is 0 Å². The Morgan fingerprint density at radius 1 is 0.592 bits per heavy atom. The van der Waals surface area contributed by atoms with Crippen LogP contribution in [0.5, 0.6) is 0 Å². The van der Waals surface area contributed by atoms with Crippen LogP contribution in [0.25, 0.3) is 43.8 Å². The molecule has 0 fully saturated rings. The maximum atomic E-state index is 4.93. The van der Waals surface area contributed by atoms with Gasteiger partial charge in [0.2, 0.25) is 0 Å². The first-order chi connectivity index (χ1) is 23.3. The minimum absolute atomic E-state index is 0.826. The van der Waals surface area contributed by atoms with E-state index in [-0.39, 0.29) is 0 Å². The number of aryl methyl sites for hydroxylation is 2. The number of fused-ring (bicyclic) bond motifs is 2. The molecule has 0 saturated carbocycles. The van der Waals surface area contributed by atoms with E-state index in [4.69, 9.17) is 17.0 Å². The second-order valence-corrected chi connectivity index (χ2v) is 30.4. The van der Waals surface area contributed by atoms with Gasteiger partial charge in [0, 0.05) is 9.52 Å². The van der Waals surface area contributed by atoms with Gasteiger partial charge in [0.25, 0.3) is 0 Å². The zero-order valence-corrected chi connectivity index (χ0v) is 38.2. The van der Waals surface area contributed by atoms with Crippen LogP contribution in [0.3, 0.4) is 0 Å². The average Bonchev–Trinajstić information content (AvgIpc) is 3.68. The van der Waals surface area contributed by atoms with E-state index < -0.39 is 37.0 Å². The first-order valence-electron chi connectivity index (χ1n) is 17.5. The van der Waals surface area contributed by atoms with Crippen LogP contribution in [0.2, 0.25) is 51.4 Å². The summed E-state index contributed by atoms with van der Waals surface area (Å²) in [6.45, 7) is 23.2. The number of benzene rings is 4. The second-order valence-electron chi connectivity index (χ2n) is 14.6. The van der Waals surface area contributed by atoms with Crippen molar-refractivity contribution in [3.05, 3.63) is 120 Å². The summed E-state index contributed by atoms with van der Waals surface area (Å²) in [4.78, 5) is 0. The van der Waals surface area contributed by atoms with Gasteiger partial charge in [-0.05, 0) is 17.5 Å². The van der Waals surface area contributed by atoms with Crippen LogP contribution >= 0.6 is 17.0 Å². The number of rotatable bonds is 7. The van der Waals surface area contributed by atoms with E-state index in [9.17, 15) is 0 Å². The SMILES string of the molecule is CC[Si]CC.CCc1cc2c(-c3ccc([Si](C)(C)C)cc3)cccc2[cH-]1.Cc1cc2c(-c3ccc([Si](C)(C)C)cc3)cccc2[cH-]1.[Cl][Zr+2][Cl]. The van der Waals surface area contributed by atoms with Crippen molar-refractivity contribution in [2.75, 3.05) is 0 Å². The van der Waals surface area contributed by atoms with Crippen LogP contribution in [-0.4, -0.2) is 25.7 Å². The van der Waals surface area contributed by atoms with Gasteiger partial charge in [0.05, 0.1) is 16.1 Å². The van der Waals surface area contributed by atoms with Gasteiger partial charge in [-0.25, -0.2) is 0 Å². The van der Waals surface area contributed by atoms with Crippen molar-refractivity contribution in [3.63, 3.8) is 0 Å². The van der Waals surface area contributed by atoms with Crippen molar-refractivity contribution in [1.82, 2.24) is 0 Å². The minimum atomic E-state index is -1.21. The van der Waals surface area contributed by atoms with Crippen molar-refractivity contribution in [1.29, 1.82) is 0 Å². The fourth-order valence-corrected chi connectivity index (χ4v) is 8.77. The van der Waals surface area contributed by atoms with Crippen molar-refractivity contribution in [2.45, 2.75) is 85.5 Å². The molecule has 2 radical (unpaired) electrons. The average molecular weight is 817 g/mol. The molecule has 0 aliphatic rings. The molecule has 0 aromatic heterocycles. The normalized spacial score (nSPS) is 11.1. The molecule has 6 aromatic carbocycles. The van der Waals surface area contributed by atoms with Crippen LogP contribution in [0.4, 0.5) is 0 Å². The predicted octanol–water partition coefficient (Wildman–Crippen LogP) is 13.4. The molecule has 0 aliphatic heterocycles. The third-order valence-corrected chi connectivity index (χ3v) is 13.9. The molecule has 6 aromatic rings. The van der Waals surface area contributed by atoms with Crippen molar-refractivity contribution in [2.24, 2.45) is 0 Å². The molecule has 0 amide bonds. The predicted molar refractivity (Wildman–Crippen MR) is 228 cm³/mol. The zero-order valence-electron chi connectivity index (χ0n) is 31.3. The van der Waals surface area contributed by atoms with E-state index in [2.05, 4.69) is 176 Å². The Morgan fingerprint density at radius 3 is 1.37 bits per heavy atom. The number of halogens is 2. The molecule has 49 heavy (non-hydrogen) atoms. The Balaban J connectivity index is 0.000000219. The number of hydrogen-bond acceptors (Lipinski definition) is 0. The van der Waals surface area contributed by atoms with Crippen LogP contribution in [0.15, 0.2) is 109 Å². The molecule has 256 valence electrons. The maximum absolute atomic E-state index is 4.93. The second kappa shape index (κ2) is 19.7. The Labute approximate surface area is 320 Å². The van der Waals surface area contributed by atoms with E-state index in [1.165, 1.54) is 86.9 Å². The van der Waals surface area contributed by atoms with Gasteiger partial charge in [-0.15, -0.1) is 69.1 Å². The summed E-state index contributed by atoms with van der Waals surface area (Å²) in [5.74, 6) is 0. The third kappa shape index (κ3) is 12.2. The summed E-state index contributed by atoms with van der Waals surface area (Å²) < 4.78 is 0. The molecular formula is C43H54Cl2Si3Zr. The molecule has 0 nitrogen and oxygen atoms in total. The Hall–Kier alpha value is -1.79. The molecule has 0 saturated heterocycles. The standard InChI is InChI=1S/C20H23Si.C19H21Si.C4H10Si.2ClH.Zr/c1-5-15-13-17-7-6-8-19(20(17)14-15)16-9-11-18(12-10-16)21(2,3)4;1-14-12-16-6-5-7-18(19(16)13-14)15-8-10-17(11-9-15)20(2,3)4;1-3-5-4-2;;;/h6-14H,5H2,1-4H3;5-13H,1-4H3;3-4H2,1-2H3;2*1H;/q2*-1;;;;+4/p-2. The van der Waals surface area contributed by atoms with Gasteiger partial charge in [-0.1, -0.05) is 161 Å². The van der Waals surface area contributed by atoms with Crippen LogP contribution in [0, 0.1) is 6.92 Å². The van der Waals surface area contributed by atoms with E-state index in [0.717, 1.165) is 6.42 Å². The monoisotopic (exact) mass is 814 g/mol. The molecule has 0 aliphatic carbocycles. The van der Waals surface area contributed by atoms with E-state index >= 15 is 0 Å². The van der Waals surface area contributed by atoms with Gasteiger partial charge >= 0.3 is 37.9 Å². The first kappa shape index (κ1) is 41.6. The van der Waals surface area contributed by atoms with Gasteiger partial charge in [0.15, 0.2) is 0 Å². The third-order valence-electron chi connectivity index (χ3n) is 8.74. The number of hydrogen-bond donors (Lipinski definition) is 0. The van der Waals surface area contributed by atoms with Crippen molar-refractivity contribution >= 4 is 74.6 Å². The molecule has 0 atom stereocenters. The molecule has 0 spiro atoms. The van der Waals surface area contributed by atoms with E-state index in [1.54, 1.807) is 0 Å². The molecule has 0 unspecified atom stereocenters. The summed E-state index contributed by atoms with van der Waals surface area (Å²) in [5, 5.41) is 8.50. The van der Waals surface area contributed by atoms with Gasteiger partial charge in [0.1, 0.15) is 0 Å². The molecular weight excluding hydrogens is 763 g/mol. The summed E-state index contributed by atoms with van der Waals surface area (Å²) in [6, 6.07) is 43.6. The van der Waals surface area contributed by atoms with Gasteiger partial charge in [-0.2, -0.15) is 12.1 Å². The molecule has 0 heterocycles. The van der Waals surface area contributed by atoms with Crippen LogP contribution in [0.1, 0.15) is 31.9 Å². The Kier molecular flexibility index (Phi) is 16.8. The van der Waals surface area contributed by atoms with E-state index in [0.29, 0.717) is 0 Å². The fraction of sp³-hybridized carbons (Fsp3) is 0.302. The zero-order chi connectivity index (χ0) is 36.2. The summed E-state index contributed by atoms with van der Waals surface area (Å²) in [5.41, 5.74) is 8.12. The van der Waals surface area contributed by atoms with Gasteiger partial charge < -0.3 is 0 Å². The molecule has 0 bridgehead atoms. The summed E-state index contributed by atoms with van der Waals surface area (Å²) >= 11 is -0.826. The summed E-state index contributed by atoms with van der Waals surface area (Å²) in [7, 11) is 8.65. The van der Waals surface area contributed by atoms with Crippen LogP contribution in [-0.2, 0) is 27.3 Å². The summed E-state index contributed by atoms with van der Waals surface area (Å²) in [6.07, 6.45) is 1.10. The Morgan fingerprint density at radius 2 is 1.00 bits per heavy atom. The molecule has 0 N–H and O–H groups in total. The first-order valence-corrected chi connectivity index (χ1v) is 32.2. The van der Waals surface area contributed by atoms with Crippen molar-refractivity contribution in [3.8, 4) is 22.3 Å². The molecule has 6 rings (SSSR count). The fourth-order valence-electron chi connectivity index (χ4n) is 5.94. The van der Waals surface area contributed by atoms with Crippen LogP contribution < -0.4 is 10.4 Å². The molecule has 6 heteroatoms. The topological polar surface area (TPSA) is 0 Å². The Bertz CT molecular complexity index is 1850. The van der Waals surface area contributed by atoms with Crippen molar-refractivity contribution < 1.29 is 20.8 Å².